The summed E-state index contributed by atoms with van der Waals surface area (Å²) in [5, 5.41) is 5.59. The van der Waals surface area contributed by atoms with Gasteiger partial charge in [-0.15, -0.1) is 0 Å². The molecule has 3 rings (SSSR count). The van der Waals surface area contributed by atoms with Crippen molar-refractivity contribution in [1.82, 2.24) is 10.6 Å². The summed E-state index contributed by atoms with van der Waals surface area (Å²) in [6, 6.07) is 12.5. The molecule has 1 unspecified atom stereocenters. The summed E-state index contributed by atoms with van der Waals surface area (Å²) in [5.74, 6) is 0.660. The average molecular weight is 439 g/mol. The van der Waals surface area contributed by atoms with Gasteiger partial charge in [0.1, 0.15) is 6.61 Å². The number of aryl methyl sites for hydroxylation is 1. The lowest BCUT2D eigenvalue weighted by Gasteiger charge is -2.29. The van der Waals surface area contributed by atoms with Crippen LogP contribution in [0, 0.1) is 6.92 Å². The van der Waals surface area contributed by atoms with Crippen LogP contribution in [0.2, 0.25) is 0 Å². The lowest BCUT2D eigenvalue weighted by Crippen LogP contribution is -2.45. The number of hydrogen-bond donors (Lipinski definition) is 2. The fourth-order valence-electron chi connectivity index (χ4n) is 3.69. The van der Waals surface area contributed by atoms with Gasteiger partial charge in [-0.1, -0.05) is 43.7 Å². The number of ether oxygens (including phenoxy) is 3. The minimum absolute atomic E-state index is 0.357. The maximum absolute atomic E-state index is 12.6. The molecule has 170 valence electrons. The Hall–Kier alpha value is -3.48. The maximum Gasteiger partial charge on any atom is 0.337 e. The van der Waals surface area contributed by atoms with Crippen LogP contribution in [-0.2, 0) is 16.1 Å². The first-order valence-corrected chi connectivity index (χ1v) is 10.8. The van der Waals surface area contributed by atoms with Gasteiger partial charge in [-0.05, 0) is 49.1 Å². The lowest BCUT2D eigenvalue weighted by atomic mass is 9.93. The topological polar surface area (TPSA) is 85.9 Å². The van der Waals surface area contributed by atoms with E-state index in [1.165, 1.54) is 7.11 Å². The lowest BCUT2D eigenvalue weighted by molar-refractivity contribution is -0.136. The maximum atomic E-state index is 12.6. The van der Waals surface area contributed by atoms with Crippen molar-refractivity contribution >= 4 is 12.0 Å². The molecule has 0 saturated heterocycles. The second-order valence-corrected chi connectivity index (χ2v) is 7.52. The van der Waals surface area contributed by atoms with Gasteiger partial charge in [0.05, 0.1) is 25.3 Å². The van der Waals surface area contributed by atoms with E-state index in [0.717, 1.165) is 17.5 Å². The van der Waals surface area contributed by atoms with E-state index >= 15 is 0 Å². The second kappa shape index (κ2) is 10.7. The number of benzene rings is 2. The highest BCUT2D eigenvalue weighted by molar-refractivity contribution is 5.95. The van der Waals surface area contributed by atoms with Crippen molar-refractivity contribution < 1.29 is 23.8 Å². The Kier molecular flexibility index (Phi) is 7.76. The molecule has 2 aromatic rings. The first-order valence-electron chi connectivity index (χ1n) is 10.8. The van der Waals surface area contributed by atoms with E-state index in [1.807, 2.05) is 51.1 Å². The Labute approximate surface area is 188 Å². The number of urea groups is 1. The molecule has 1 atom stereocenters. The number of allylic oxidation sites excluding steroid dienone is 1. The molecule has 0 aromatic heterocycles. The van der Waals surface area contributed by atoms with Crippen molar-refractivity contribution in [2.45, 2.75) is 46.3 Å². The molecular weight excluding hydrogens is 408 g/mol. The molecule has 1 heterocycles. The highest BCUT2D eigenvalue weighted by Crippen LogP contribution is 2.36. The molecule has 0 fully saturated rings. The first-order chi connectivity index (χ1) is 15.5. The fourth-order valence-corrected chi connectivity index (χ4v) is 3.69. The molecule has 0 radical (unpaired) electrons. The number of esters is 1. The van der Waals surface area contributed by atoms with E-state index in [9.17, 15) is 9.59 Å². The SMILES string of the molecule is CCCC1=C(C(=O)OC)C(c2ccc(OCc3ccccc3C)c(OCC)c2)NC(=O)N1. The Bertz CT molecular complexity index is 1020. The fraction of sp³-hybridized carbons (Fsp3) is 0.360. The van der Waals surface area contributed by atoms with Crippen molar-refractivity contribution in [1.29, 1.82) is 0 Å². The van der Waals surface area contributed by atoms with Crippen LogP contribution in [0.5, 0.6) is 11.5 Å². The molecule has 0 aliphatic carbocycles. The smallest absolute Gasteiger partial charge is 0.337 e. The summed E-state index contributed by atoms with van der Waals surface area (Å²) in [6.07, 6.45) is 1.34. The van der Waals surface area contributed by atoms with E-state index in [-0.39, 0.29) is 6.03 Å². The average Bonchev–Trinajstić information content (AvgIpc) is 2.78. The minimum atomic E-state index is -0.651. The first kappa shape index (κ1) is 23.2. The predicted molar refractivity (Wildman–Crippen MR) is 121 cm³/mol. The van der Waals surface area contributed by atoms with Crippen LogP contribution in [0.1, 0.15) is 49.4 Å². The molecule has 2 aromatic carbocycles. The molecule has 7 heteroatoms. The van der Waals surface area contributed by atoms with Gasteiger partial charge >= 0.3 is 12.0 Å². The number of hydrogen-bond acceptors (Lipinski definition) is 5. The summed E-state index contributed by atoms with van der Waals surface area (Å²) >= 11 is 0. The van der Waals surface area contributed by atoms with E-state index in [4.69, 9.17) is 14.2 Å². The molecule has 1 aliphatic heterocycles. The molecule has 2 N–H and O–H groups in total. The molecule has 1 aliphatic rings. The Morgan fingerprint density at radius 1 is 1.06 bits per heavy atom. The third-order valence-corrected chi connectivity index (χ3v) is 5.30. The van der Waals surface area contributed by atoms with Crippen LogP contribution in [0.15, 0.2) is 53.7 Å². The zero-order valence-corrected chi connectivity index (χ0v) is 19.0. The van der Waals surface area contributed by atoms with Crippen molar-refractivity contribution in [3.63, 3.8) is 0 Å². The molecular formula is C25H30N2O5. The zero-order valence-electron chi connectivity index (χ0n) is 19.0. The van der Waals surface area contributed by atoms with Gasteiger partial charge in [0, 0.05) is 5.70 Å². The molecule has 0 spiro atoms. The largest absolute Gasteiger partial charge is 0.490 e. The third-order valence-electron chi connectivity index (χ3n) is 5.30. The van der Waals surface area contributed by atoms with Crippen LogP contribution in [0.25, 0.3) is 0 Å². The van der Waals surface area contributed by atoms with E-state index in [2.05, 4.69) is 10.6 Å². The van der Waals surface area contributed by atoms with Crippen molar-refractivity contribution in [3.05, 3.63) is 70.4 Å². The van der Waals surface area contributed by atoms with Gasteiger partial charge in [-0.2, -0.15) is 0 Å². The van der Waals surface area contributed by atoms with Crippen LogP contribution in [0.3, 0.4) is 0 Å². The van der Waals surface area contributed by atoms with Crippen molar-refractivity contribution in [3.8, 4) is 11.5 Å². The number of carbonyl (C=O) groups is 2. The number of methoxy groups -OCH3 is 1. The molecule has 0 saturated carbocycles. The van der Waals surface area contributed by atoms with Gasteiger partial charge in [0.2, 0.25) is 0 Å². The van der Waals surface area contributed by atoms with E-state index < -0.39 is 12.0 Å². The van der Waals surface area contributed by atoms with Crippen LogP contribution < -0.4 is 20.1 Å². The standard InChI is InChI=1S/C25H30N2O5/c1-5-9-19-22(24(28)30-4)23(27-25(29)26-19)17-12-13-20(21(14-17)31-6-2)32-15-18-11-8-7-10-16(18)3/h7-8,10-14,23H,5-6,9,15H2,1-4H3,(H2,26,27,29). The Balaban J connectivity index is 1.95. The summed E-state index contributed by atoms with van der Waals surface area (Å²) < 4.78 is 16.9. The molecule has 32 heavy (non-hydrogen) atoms. The molecule has 0 bridgehead atoms. The number of carbonyl (C=O) groups excluding carboxylic acids is 2. The van der Waals surface area contributed by atoms with Gasteiger partial charge in [-0.25, -0.2) is 9.59 Å². The number of rotatable bonds is 9. The second-order valence-electron chi connectivity index (χ2n) is 7.52. The highest BCUT2D eigenvalue weighted by Gasteiger charge is 2.33. The zero-order chi connectivity index (χ0) is 23.1. The third kappa shape index (κ3) is 5.22. The van der Waals surface area contributed by atoms with Crippen LogP contribution >= 0.6 is 0 Å². The molecule has 7 nitrogen and oxygen atoms in total. The van der Waals surface area contributed by atoms with E-state index in [1.54, 1.807) is 12.1 Å². The van der Waals surface area contributed by atoms with Crippen molar-refractivity contribution in [2.24, 2.45) is 0 Å². The summed E-state index contributed by atoms with van der Waals surface area (Å²) in [7, 11) is 1.33. The normalized spacial score (nSPS) is 15.6. The van der Waals surface area contributed by atoms with Gasteiger partial charge in [0.25, 0.3) is 0 Å². The molecule has 2 amide bonds. The number of nitrogens with one attached hydrogen (secondary N) is 2. The van der Waals surface area contributed by atoms with Gasteiger partial charge in [0.15, 0.2) is 11.5 Å². The minimum Gasteiger partial charge on any atom is -0.490 e. The quantitative estimate of drug-likeness (QED) is 0.561. The Morgan fingerprint density at radius 2 is 1.84 bits per heavy atom. The van der Waals surface area contributed by atoms with Crippen LogP contribution in [-0.4, -0.2) is 25.7 Å². The van der Waals surface area contributed by atoms with E-state index in [0.29, 0.717) is 48.0 Å². The van der Waals surface area contributed by atoms with Gasteiger partial charge in [-0.3, -0.25) is 0 Å². The highest BCUT2D eigenvalue weighted by atomic mass is 16.5. The van der Waals surface area contributed by atoms with Gasteiger partial charge < -0.3 is 24.8 Å². The van der Waals surface area contributed by atoms with Crippen LogP contribution in [0.4, 0.5) is 4.79 Å². The number of amides is 2. The van der Waals surface area contributed by atoms with Crippen molar-refractivity contribution in [2.75, 3.05) is 13.7 Å². The Morgan fingerprint density at radius 3 is 2.53 bits per heavy atom. The summed E-state index contributed by atoms with van der Waals surface area (Å²) in [5.41, 5.74) is 3.91. The summed E-state index contributed by atoms with van der Waals surface area (Å²) in [6.45, 7) is 6.77. The summed E-state index contributed by atoms with van der Waals surface area (Å²) in [4.78, 5) is 24.9. The monoisotopic (exact) mass is 438 g/mol. The predicted octanol–water partition coefficient (Wildman–Crippen LogP) is 4.55.